The molecule has 116 valence electrons. The van der Waals surface area contributed by atoms with Gasteiger partial charge in [-0.2, -0.15) is 0 Å². The molecule has 23 heavy (non-hydrogen) atoms. The molecular weight excluding hydrogens is 324 g/mol. The molecule has 3 aromatic rings. The van der Waals surface area contributed by atoms with E-state index in [9.17, 15) is 14.9 Å². The maximum Gasteiger partial charge on any atom is 0.342 e. The van der Waals surface area contributed by atoms with Gasteiger partial charge in [-0.15, -0.1) is 0 Å². The number of rotatable bonds is 3. The normalized spacial score (nSPS) is 10.7. The summed E-state index contributed by atoms with van der Waals surface area (Å²) in [7, 11) is 1.18. The van der Waals surface area contributed by atoms with E-state index < -0.39 is 10.9 Å². The maximum atomic E-state index is 11.9. The molecule has 7 nitrogen and oxygen atoms in total. The number of benzene rings is 2. The zero-order valence-corrected chi connectivity index (χ0v) is 12.5. The summed E-state index contributed by atoms with van der Waals surface area (Å²) in [5.74, 6) is -0.586. The Morgan fingerprint density at radius 2 is 2.09 bits per heavy atom. The molecule has 8 heteroatoms. The average Bonchev–Trinajstić information content (AvgIpc) is 2.97. The minimum Gasteiger partial charge on any atom is -0.465 e. The van der Waals surface area contributed by atoms with Crippen LogP contribution in [0.1, 0.15) is 10.4 Å². The lowest BCUT2D eigenvalue weighted by atomic mass is 10.1. The SMILES string of the molecule is COC(=O)c1cc([N+](=O)[O-])cc2nc(-c3ccccc3Cl)oc12. The Balaban J connectivity index is 2.28. The van der Waals surface area contributed by atoms with Crippen molar-refractivity contribution in [1.82, 2.24) is 4.98 Å². The highest BCUT2D eigenvalue weighted by Crippen LogP contribution is 2.33. The Kier molecular flexibility index (Phi) is 3.71. The van der Waals surface area contributed by atoms with Crippen LogP contribution in [0.15, 0.2) is 40.8 Å². The number of esters is 1. The number of oxazole rings is 1. The number of non-ortho nitro benzene ring substituents is 1. The van der Waals surface area contributed by atoms with Crippen LogP contribution < -0.4 is 0 Å². The van der Waals surface area contributed by atoms with Crippen molar-refractivity contribution in [2.45, 2.75) is 0 Å². The van der Waals surface area contributed by atoms with Gasteiger partial charge in [0.1, 0.15) is 11.1 Å². The molecule has 0 N–H and O–H groups in total. The summed E-state index contributed by atoms with van der Waals surface area (Å²) >= 11 is 6.10. The molecule has 1 heterocycles. The number of ether oxygens (including phenoxy) is 1. The number of carbonyl (C=O) groups is 1. The van der Waals surface area contributed by atoms with Crippen molar-refractivity contribution in [2.75, 3.05) is 7.11 Å². The third kappa shape index (κ3) is 2.62. The zero-order valence-electron chi connectivity index (χ0n) is 11.8. The lowest BCUT2D eigenvalue weighted by Gasteiger charge is -2.00. The van der Waals surface area contributed by atoms with E-state index >= 15 is 0 Å². The molecular formula is C15H9ClN2O5. The number of nitro groups is 1. The van der Waals surface area contributed by atoms with Crippen LogP contribution in [-0.2, 0) is 4.74 Å². The highest BCUT2D eigenvalue weighted by Gasteiger charge is 2.23. The topological polar surface area (TPSA) is 95.5 Å². The summed E-state index contributed by atoms with van der Waals surface area (Å²) in [4.78, 5) is 26.5. The van der Waals surface area contributed by atoms with Crippen molar-refractivity contribution in [3.8, 4) is 11.5 Å². The molecule has 3 rings (SSSR count). The number of methoxy groups -OCH3 is 1. The third-order valence-corrected chi connectivity index (χ3v) is 3.52. The Hall–Kier alpha value is -2.93. The van der Waals surface area contributed by atoms with E-state index in [2.05, 4.69) is 9.72 Å². The van der Waals surface area contributed by atoms with E-state index in [0.717, 1.165) is 6.07 Å². The first-order valence-electron chi connectivity index (χ1n) is 6.43. The van der Waals surface area contributed by atoms with E-state index in [0.29, 0.717) is 10.6 Å². The monoisotopic (exact) mass is 332 g/mol. The minimum atomic E-state index is -0.749. The van der Waals surface area contributed by atoms with Gasteiger partial charge in [0.25, 0.3) is 5.69 Å². The number of nitrogens with zero attached hydrogens (tertiary/aromatic N) is 2. The molecule has 0 bridgehead atoms. The fourth-order valence-corrected chi connectivity index (χ4v) is 2.35. The minimum absolute atomic E-state index is 0.0671. The molecule has 0 atom stereocenters. The first-order valence-corrected chi connectivity index (χ1v) is 6.81. The van der Waals surface area contributed by atoms with Crippen LogP contribution in [0.25, 0.3) is 22.6 Å². The Morgan fingerprint density at radius 3 is 2.74 bits per heavy atom. The lowest BCUT2D eigenvalue weighted by Crippen LogP contribution is -2.02. The maximum absolute atomic E-state index is 11.9. The van der Waals surface area contributed by atoms with Crippen molar-refractivity contribution < 1.29 is 18.9 Å². The summed E-state index contributed by atoms with van der Waals surface area (Å²) < 4.78 is 10.2. The predicted octanol–water partition coefficient (Wildman–Crippen LogP) is 3.84. The van der Waals surface area contributed by atoms with Gasteiger partial charge in [0, 0.05) is 12.1 Å². The zero-order chi connectivity index (χ0) is 16.6. The Morgan fingerprint density at radius 1 is 1.35 bits per heavy atom. The summed E-state index contributed by atoms with van der Waals surface area (Å²) in [5.41, 5.74) is 0.454. The second-order valence-corrected chi connectivity index (χ2v) is 5.00. The van der Waals surface area contributed by atoms with Crippen molar-refractivity contribution in [3.05, 3.63) is 57.1 Å². The molecule has 0 saturated carbocycles. The standard InChI is InChI=1S/C15H9ClN2O5/c1-22-15(19)10-6-8(18(20)21)7-12-13(10)23-14(17-12)9-4-2-3-5-11(9)16/h2-7H,1H3. The quantitative estimate of drug-likeness (QED) is 0.410. The number of aromatic nitrogens is 1. The predicted molar refractivity (Wildman–Crippen MR) is 82.4 cm³/mol. The van der Waals surface area contributed by atoms with Crippen LogP contribution in [0.4, 0.5) is 5.69 Å². The van der Waals surface area contributed by atoms with Gasteiger partial charge in [0.2, 0.25) is 5.89 Å². The van der Waals surface area contributed by atoms with Crippen molar-refractivity contribution in [2.24, 2.45) is 0 Å². The van der Waals surface area contributed by atoms with E-state index in [4.69, 9.17) is 16.0 Å². The molecule has 0 aliphatic heterocycles. The highest BCUT2D eigenvalue weighted by molar-refractivity contribution is 6.33. The fraction of sp³-hybridized carbons (Fsp3) is 0.0667. The number of carbonyl (C=O) groups excluding carboxylic acids is 1. The van der Waals surface area contributed by atoms with Gasteiger partial charge in [-0.3, -0.25) is 10.1 Å². The summed E-state index contributed by atoms with van der Waals surface area (Å²) in [6.07, 6.45) is 0. The largest absolute Gasteiger partial charge is 0.465 e. The molecule has 0 spiro atoms. The van der Waals surface area contributed by atoms with Crippen molar-refractivity contribution in [3.63, 3.8) is 0 Å². The van der Waals surface area contributed by atoms with Gasteiger partial charge < -0.3 is 9.15 Å². The molecule has 2 aromatic carbocycles. The first-order chi connectivity index (χ1) is 11.0. The Bertz CT molecular complexity index is 935. The van der Waals surface area contributed by atoms with E-state index in [-0.39, 0.29) is 28.2 Å². The van der Waals surface area contributed by atoms with E-state index in [1.807, 2.05) is 0 Å². The van der Waals surface area contributed by atoms with Gasteiger partial charge in [-0.1, -0.05) is 23.7 Å². The van der Waals surface area contributed by atoms with E-state index in [1.165, 1.54) is 13.2 Å². The van der Waals surface area contributed by atoms with Crippen molar-refractivity contribution in [1.29, 1.82) is 0 Å². The van der Waals surface area contributed by atoms with Crippen LogP contribution >= 0.6 is 11.6 Å². The number of hydrogen-bond acceptors (Lipinski definition) is 6. The number of halogens is 1. The molecule has 0 unspecified atom stereocenters. The molecule has 0 aliphatic carbocycles. The summed E-state index contributed by atoms with van der Waals surface area (Å²) in [6.45, 7) is 0. The van der Waals surface area contributed by atoms with Gasteiger partial charge in [0.15, 0.2) is 5.58 Å². The van der Waals surface area contributed by atoms with Crippen molar-refractivity contribution >= 4 is 34.4 Å². The Labute approximate surface area is 134 Å². The third-order valence-electron chi connectivity index (χ3n) is 3.20. The smallest absolute Gasteiger partial charge is 0.342 e. The van der Waals surface area contributed by atoms with Gasteiger partial charge in [-0.05, 0) is 12.1 Å². The molecule has 0 fully saturated rings. The number of nitro benzene ring substituents is 1. The number of fused-ring (bicyclic) bond motifs is 1. The molecule has 0 amide bonds. The fourth-order valence-electron chi connectivity index (χ4n) is 2.13. The average molecular weight is 333 g/mol. The summed E-state index contributed by atoms with van der Waals surface area (Å²) in [5, 5.41) is 11.4. The molecule has 0 saturated heterocycles. The van der Waals surface area contributed by atoms with Crippen LogP contribution in [0.3, 0.4) is 0 Å². The van der Waals surface area contributed by atoms with Crippen LogP contribution in [0.5, 0.6) is 0 Å². The second-order valence-electron chi connectivity index (χ2n) is 4.59. The lowest BCUT2D eigenvalue weighted by molar-refractivity contribution is -0.384. The first kappa shape index (κ1) is 15.0. The van der Waals surface area contributed by atoms with Gasteiger partial charge in [0.05, 0.1) is 22.6 Å². The summed E-state index contributed by atoms with van der Waals surface area (Å²) in [6, 6.07) is 9.18. The van der Waals surface area contributed by atoms with Crippen LogP contribution in [-0.4, -0.2) is 23.0 Å². The van der Waals surface area contributed by atoms with Gasteiger partial charge in [-0.25, -0.2) is 9.78 Å². The molecule has 0 radical (unpaired) electrons. The van der Waals surface area contributed by atoms with Crippen LogP contribution in [0.2, 0.25) is 5.02 Å². The molecule has 1 aromatic heterocycles. The second kappa shape index (κ2) is 5.69. The number of hydrogen-bond donors (Lipinski definition) is 0. The molecule has 0 aliphatic rings. The van der Waals surface area contributed by atoms with Gasteiger partial charge >= 0.3 is 5.97 Å². The van der Waals surface area contributed by atoms with Crippen LogP contribution in [0, 0.1) is 10.1 Å². The van der Waals surface area contributed by atoms with E-state index in [1.54, 1.807) is 24.3 Å². The highest BCUT2D eigenvalue weighted by atomic mass is 35.5.